The van der Waals surface area contributed by atoms with E-state index in [2.05, 4.69) is 42.2 Å². The molecule has 0 radical (unpaired) electrons. The molecule has 2 aliphatic heterocycles. The summed E-state index contributed by atoms with van der Waals surface area (Å²) in [5.74, 6) is 0. The lowest BCUT2D eigenvalue weighted by Crippen LogP contribution is -2.66. The molecule has 0 bridgehead atoms. The summed E-state index contributed by atoms with van der Waals surface area (Å²) in [5.41, 5.74) is 0. The number of nitrogens with one attached hydrogen (secondary N) is 1. The van der Waals surface area contributed by atoms with Crippen LogP contribution in [0.4, 0.5) is 0 Å². The summed E-state index contributed by atoms with van der Waals surface area (Å²) in [7, 11) is 2.21. The van der Waals surface area contributed by atoms with Crippen LogP contribution >= 0.6 is 0 Å². The van der Waals surface area contributed by atoms with Crippen LogP contribution in [0.5, 0.6) is 0 Å². The van der Waals surface area contributed by atoms with Crippen molar-refractivity contribution in [3.8, 4) is 0 Å². The fourth-order valence-electron chi connectivity index (χ4n) is 2.06. The van der Waals surface area contributed by atoms with E-state index in [9.17, 15) is 0 Å². The molecule has 0 aromatic carbocycles. The van der Waals surface area contributed by atoms with Gasteiger partial charge in [-0.2, -0.15) is 0 Å². The summed E-state index contributed by atoms with van der Waals surface area (Å²) in [6.45, 7) is 14.5. The fraction of sp³-hybridized carbons (Fsp3) is 0.818. The van der Waals surface area contributed by atoms with Crippen LogP contribution in [-0.2, 0) is 0 Å². The predicted molar refractivity (Wildman–Crippen MR) is 61.6 cm³/mol. The zero-order chi connectivity index (χ0) is 10.6. The van der Waals surface area contributed by atoms with Crippen molar-refractivity contribution in [3.05, 3.63) is 13.2 Å². The van der Waals surface area contributed by atoms with E-state index < -0.39 is 0 Å². The minimum Gasteiger partial charge on any atom is -0.311 e. The normalized spacial score (nSPS) is 34.1. The Labute approximate surface area is 87.8 Å². The first-order valence-corrected chi connectivity index (χ1v) is 5.43. The maximum Gasteiger partial charge on any atom is 0.0372 e. The van der Waals surface area contributed by atoms with E-state index >= 15 is 0 Å². The summed E-state index contributed by atoms with van der Waals surface area (Å²) < 4.78 is 0. The third-order valence-electron chi connectivity index (χ3n) is 3.23. The molecule has 0 amide bonds. The van der Waals surface area contributed by atoms with Crippen LogP contribution in [0.25, 0.3) is 0 Å². The molecule has 0 spiro atoms. The van der Waals surface area contributed by atoms with E-state index in [-0.39, 0.29) is 0 Å². The summed E-state index contributed by atoms with van der Waals surface area (Å²) in [6.07, 6.45) is 0. The quantitative estimate of drug-likeness (QED) is 0.614. The van der Waals surface area contributed by atoms with Gasteiger partial charge in [-0.1, -0.05) is 0 Å². The smallest absolute Gasteiger partial charge is 0.0372 e. The molecule has 0 aromatic rings. The van der Waals surface area contributed by atoms with Gasteiger partial charge in [-0.15, -0.1) is 13.2 Å². The average Bonchev–Trinajstić information content (AvgIpc) is 2.22. The number of hydrogen-bond donors (Lipinski definition) is 1. The molecule has 3 heteroatoms. The Bertz CT molecular complexity index is 164. The molecule has 2 rings (SSSR count). The molecule has 3 nitrogen and oxygen atoms in total. The minimum absolute atomic E-state index is 0.716. The van der Waals surface area contributed by atoms with Crippen LogP contribution in [-0.4, -0.2) is 61.7 Å². The highest BCUT2D eigenvalue weighted by Gasteiger charge is 2.32. The van der Waals surface area contributed by atoms with E-state index in [4.69, 9.17) is 0 Å². The van der Waals surface area contributed by atoms with Crippen LogP contribution in [0.2, 0.25) is 0 Å². The Morgan fingerprint density at radius 1 is 1.14 bits per heavy atom. The zero-order valence-corrected chi connectivity index (χ0v) is 9.50. The van der Waals surface area contributed by atoms with Gasteiger partial charge in [0, 0.05) is 44.8 Å². The van der Waals surface area contributed by atoms with Gasteiger partial charge < -0.3 is 10.2 Å². The second-order valence-corrected chi connectivity index (χ2v) is 4.10. The van der Waals surface area contributed by atoms with Crippen molar-refractivity contribution in [1.29, 1.82) is 0 Å². The zero-order valence-electron chi connectivity index (χ0n) is 9.50. The molecule has 2 aliphatic rings. The minimum atomic E-state index is 0.716. The molecule has 0 aromatic heterocycles. The molecule has 1 N–H and O–H groups in total. The number of likely N-dealkylation sites (N-methyl/N-ethyl adjacent to an activating group) is 1. The van der Waals surface area contributed by atoms with E-state index in [1.807, 2.05) is 0 Å². The number of nitrogens with zero attached hydrogens (tertiary/aromatic N) is 2. The Balaban J connectivity index is 0.000000461. The van der Waals surface area contributed by atoms with Gasteiger partial charge in [0.1, 0.15) is 0 Å². The Kier molecular flexibility index (Phi) is 4.58. The summed E-state index contributed by atoms with van der Waals surface area (Å²) in [5, 5.41) is 3.41. The second kappa shape index (κ2) is 5.49. The van der Waals surface area contributed by atoms with Gasteiger partial charge in [-0.25, -0.2) is 0 Å². The van der Waals surface area contributed by atoms with Crippen molar-refractivity contribution < 1.29 is 0 Å². The van der Waals surface area contributed by atoms with Crippen LogP contribution in [0.15, 0.2) is 13.2 Å². The average molecular weight is 197 g/mol. The Morgan fingerprint density at radius 2 is 1.71 bits per heavy atom. The summed E-state index contributed by atoms with van der Waals surface area (Å²) in [6, 6.07) is 1.53. The van der Waals surface area contributed by atoms with Crippen molar-refractivity contribution >= 4 is 0 Å². The topological polar surface area (TPSA) is 18.5 Å². The molecule has 2 heterocycles. The summed E-state index contributed by atoms with van der Waals surface area (Å²) in [4.78, 5) is 5.04. The highest BCUT2D eigenvalue weighted by molar-refractivity contribution is 4.93. The van der Waals surface area contributed by atoms with Crippen LogP contribution in [0, 0.1) is 0 Å². The van der Waals surface area contributed by atoms with Crippen molar-refractivity contribution in [2.75, 3.05) is 39.8 Å². The highest BCUT2D eigenvalue weighted by atomic mass is 15.3. The van der Waals surface area contributed by atoms with Crippen LogP contribution in [0.3, 0.4) is 0 Å². The van der Waals surface area contributed by atoms with Gasteiger partial charge in [0.15, 0.2) is 0 Å². The fourth-order valence-corrected chi connectivity index (χ4v) is 2.06. The summed E-state index contributed by atoms with van der Waals surface area (Å²) >= 11 is 0. The van der Waals surface area contributed by atoms with Gasteiger partial charge >= 0.3 is 0 Å². The van der Waals surface area contributed by atoms with Gasteiger partial charge in [0.25, 0.3) is 0 Å². The van der Waals surface area contributed by atoms with Gasteiger partial charge in [-0.3, -0.25) is 4.90 Å². The molecule has 0 aliphatic carbocycles. The van der Waals surface area contributed by atoms with Gasteiger partial charge in [-0.05, 0) is 14.0 Å². The molecule has 2 fully saturated rings. The monoisotopic (exact) mass is 197 g/mol. The lowest BCUT2D eigenvalue weighted by molar-refractivity contribution is 0.0581. The van der Waals surface area contributed by atoms with E-state index in [0.717, 1.165) is 6.04 Å². The molecule has 82 valence electrons. The first-order valence-electron chi connectivity index (χ1n) is 5.43. The third-order valence-corrected chi connectivity index (χ3v) is 3.23. The maximum absolute atomic E-state index is 3.41. The first kappa shape index (κ1) is 11.7. The van der Waals surface area contributed by atoms with Crippen molar-refractivity contribution in [2.24, 2.45) is 0 Å². The first-order chi connectivity index (χ1) is 6.77. The van der Waals surface area contributed by atoms with Crippen LogP contribution in [0.1, 0.15) is 6.92 Å². The third kappa shape index (κ3) is 2.56. The van der Waals surface area contributed by atoms with Crippen LogP contribution < -0.4 is 5.32 Å². The number of piperazine rings is 1. The van der Waals surface area contributed by atoms with E-state index in [1.165, 1.54) is 32.7 Å². The molecule has 14 heavy (non-hydrogen) atoms. The molecule has 2 saturated heterocycles. The SMILES string of the molecule is C=C.CC1NCC1N1CCN(C)CC1. The molecular formula is C11H23N3. The molecule has 0 saturated carbocycles. The van der Waals surface area contributed by atoms with E-state index in [1.54, 1.807) is 0 Å². The van der Waals surface area contributed by atoms with Gasteiger partial charge in [0.05, 0.1) is 0 Å². The molecule has 2 unspecified atom stereocenters. The predicted octanol–water partition coefficient (Wildman–Crippen LogP) is 0.396. The van der Waals surface area contributed by atoms with Crippen molar-refractivity contribution in [3.63, 3.8) is 0 Å². The standard InChI is InChI=1S/C9H19N3.C2H4/c1-8-9(7-10-8)12-5-3-11(2)4-6-12;1-2/h8-10H,3-7H2,1-2H3;1-2H2. The number of hydrogen-bond acceptors (Lipinski definition) is 3. The van der Waals surface area contributed by atoms with Crippen molar-refractivity contribution in [2.45, 2.75) is 19.0 Å². The Hall–Kier alpha value is -0.380. The lowest BCUT2D eigenvalue weighted by Gasteiger charge is -2.46. The second-order valence-electron chi connectivity index (χ2n) is 4.10. The largest absolute Gasteiger partial charge is 0.311 e. The lowest BCUT2D eigenvalue weighted by atomic mass is 10.00. The van der Waals surface area contributed by atoms with Gasteiger partial charge in [0.2, 0.25) is 0 Å². The highest BCUT2D eigenvalue weighted by Crippen LogP contribution is 2.13. The Morgan fingerprint density at radius 3 is 2.07 bits per heavy atom. The molecule has 2 atom stereocenters. The van der Waals surface area contributed by atoms with Crippen molar-refractivity contribution in [1.82, 2.24) is 15.1 Å². The number of rotatable bonds is 1. The van der Waals surface area contributed by atoms with E-state index in [0.29, 0.717) is 6.04 Å². The maximum atomic E-state index is 3.41. The molecular weight excluding hydrogens is 174 g/mol.